The molecule has 40 heavy (non-hydrogen) atoms. The lowest BCUT2D eigenvalue weighted by Gasteiger charge is -2.31. The standard InChI is InChI=1S/C32H36N6OS/c1-22-21-28(23(2)37(22)26-12-8-24(9-13-26)35(3)4)31-30(29-7-5-6-16-33-29)34-32(40)38(31)27-14-10-25(11-15-27)36-17-19-39-20-18-36/h5-16,21,30-31H,17-20H2,1-4H3,(H,34,40)/t30-,31+/m0/s1. The van der Waals surface area contributed by atoms with Crippen LogP contribution < -0.4 is 20.0 Å². The van der Waals surface area contributed by atoms with Gasteiger partial charge < -0.3 is 29.3 Å². The quantitative estimate of drug-likeness (QED) is 0.314. The molecule has 2 aliphatic rings. The summed E-state index contributed by atoms with van der Waals surface area (Å²) >= 11 is 6.00. The first-order chi connectivity index (χ1) is 19.4. The van der Waals surface area contributed by atoms with Gasteiger partial charge in [-0.15, -0.1) is 0 Å². The minimum absolute atomic E-state index is 0.0577. The fraction of sp³-hybridized carbons (Fsp3) is 0.312. The molecule has 2 aromatic heterocycles. The molecule has 1 N–H and O–H groups in total. The van der Waals surface area contributed by atoms with Gasteiger partial charge in [0, 0.05) is 67.5 Å². The van der Waals surface area contributed by atoms with E-state index in [0.717, 1.165) is 43.4 Å². The largest absolute Gasteiger partial charge is 0.378 e. The Kier molecular flexibility index (Phi) is 7.21. The molecular formula is C32H36N6OS. The number of hydrogen-bond donors (Lipinski definition) is 1. The van der Waals surface area contributed by atoms with E-state index in [-0.39, 0.29) is 12.1 Å². The van der Waals surface area contributed by atoms with Gasteiger partial charge in [0.15, 0.2) is 5.11 Å². The van der Waals surface area contributed by atoms with Gasteiger partial charge in [-0.2, -0.15) is 0 Å². The van der Waals surface area contributed by atoms with Crippen LogP contribution in [0.3, 0.4) is 0 Å². The topological polar surface area (TPSA) is 48.8 Å². The molecule has 0 spiro atoms. The van der Waals surface area contributed by atoms with Crippen molar-refractivity contribution in [1.82, 2.24) is 14.9 Å². The van der Waals surface area contributed by atoms with Crippen molar-refractivity contribution in [2.24, 2.45) is 0 Å². The number of benzene rings is 2. The van der Waals surface area contributed by atoms with Gasteiger partial charge in [0.25, 0.3) is 0 Å². The zero-order chi connectivity index (χ0) is 27.8. The van der Waals surface area contributed by atoms with Crippen LogP contribution >= 0.6 is 12.2 Å². The van der Waals surface area contributed by atoms with E-state index < -0.39 is 0 Å². The maximum absolute atomic E-state index is 6.00. The number of ether oxygens (including phenoxy) is 1. The lowest BCUT2D eigenvalue weighted by atomic mass is 9.96. The molecule has 206 valence electrons. The van der Waals surface area contributed by atoms with E-state index in [4.69, 9.17) is 21.9 Å². The van der Waals surface area contributed by atoms with Gasteiger partial charge in [0.05, 0.1) is 31.0 Å². The molecule has 2 atom stereocenters. The number of nitrogens with one attached hydrogen (secondary N) is 1. The number of morpholine rings is 1. The van der Waals surface area contributed by atoms with Crippen LogP contribution in [-0.2, 0) is 4.74 Å². The molecule has 0 aliphatic carbocycles. The molecule has 0 saturated carbocycles. The molecule has 0 unspecified atom stereocenters. The van der Waals surface area contributed by atoms with Gasteiger partial charge in [0.1, 0.15) is 0 Å². The van der Waals surface area contributed by atoms with Crippen molar-refractivity contribution in [3.05, 3.63) is 102 Å². The average molecular weight is 553 g/mol. The van der Waals surface area contributed by atoms with E-state index in [1.807, 2.05) is 18.3 Å². The normalized spacial score (nSPS) is 19.1. The molecule has 0 amide bonds. The Balaban J connectivity index is 1.41. The lowest BCUT2D eigenvalue weighted by Crippen LogP contribution is -2.36. The smallest absolute Gasteiger partial charge is 0.174 e. The van der Waals surface area contributed by atoms with Gasteiger partial charge >= 0.3 is 0 Å². The van der Waals surface area contributed by atoms with Gasteiger partial charge in [-0.1, -0.05) is 6.07 Å². The predicted molar refractivity (Wildman–Crippen MR) is 167 cm³/mol. The number of pyridine rings is 1. The second-order valence-electron chi connectivity index (χ2n) is 10.7. The van der Waals surface area contributed by atoms with Crippen LogP contribution in [0.25, 0.3) is 5.69 Å². The highest BCUT2D eigenvalue weighted by molar-refractivity contribution is 7.80. The maximum Gasteiger partial charge on any atom is 0.174 e. The van der Waals surface area contributed by atoms with Crippen molar-refractivity contribution in [1.29, 1.82) is 0 Å². The third-order valence-corrected chi connectivity index (χ3v) is 8.33. The molecule has 0 bridgehead atoms. The lowest BCUT2D eigenvalue weighted by molar-refractivity contribution is 0.122. The molecule has 6 rings (SSSR count). The summed E-state index contributed by atoms with van der Waals surface area (Å²) in [5.74, 6) is 0. The van der Waals surface area contributed by atoms with Crippen molar-refractivity contribution in [2.75, 3.05) is 55.1 Å². The fourth-order valence-corrected chi connectivity index (χ4v) is 6.32. The second kappa shape index (κ2) is 10.9. The minimum atomic E-state index is -0.0855. The SMILES string of the molecule is Cc1cc([C@@H]2[C@H](c3ccccn3)NC(=S)N2c2ccc(N3CCOCC3)cc2)c(C)n1-c1ccc(N(C)C)cc1. The molecule has 7 nitrogen and oxygen atoms in total. The highest BCUT2D eigenvalue weighted by Gasteiger charge is 2.42. The molecule has 4 heterocycles. The van der Waals surface area contributed by atoms with E-state index in [1.165, 1.54) is 28.3 Å². The Bertz CT molecular complexity index is 1480. The third kappa shape index (κ3) is 4.82. The van der Waals surface area contributed by atoms with E-state index in [9.17, 15) is 0 Å². The van der Waals surface area contributed by atoms with E-state index >= 15 is 0 Å². The predicted octanol–water partition coefficient (Wildman–Crippen LogP) is 5.57. The number of thiocarbonyl (C=S) groups is 1. The van der Waals surface area contributed by atoms with E-state index in [2.05, 4.69) is 113 Å². The second-order valence-corrected chi connectivity index (χ2v) is 11.1. The summed E-state index contributed by atoms with van der Waals surface area (Å²) in [4.78, 5) is 11.5. The molecule has 4 aromatic rings. The monoisotopic (exact) mass is 552 g/mol. The van der Waals surface area contributed by atoms with Gasteiger partial charge in [-0.05, 0) is 98.4 Å². The van der Waals surface area contributed by atoms with E-state index in [0.29, 0.717) is 5.11 Å². The Labute approximate surface area is 242 Å². The summed E-state index contributed by atoms with van der Waals surface area (Å²) in [5, 5.41) is 4.32. The molecule has 2 saturated heterocycles. The number of hydrogen-bond acceptors (Lipinski definition) is 5. The van der Waals surface area contributed by atoms with Gasteiger partial charge in [-0.3, -0.25) is 4.98 Å². The number of anilines is 3. The van der Waals surface area contributed by atoms with Crippen molar-refractivity contribution >= 4 is 34.4 Å². The van der Waals surface area contributed by atoms with Gasteiger partial charge in [-0.25, -0.2) is 0 Å². The zero-order valence-corrected chi connectivity index (χ0v) is 24.4. The van der Waals surface area contributed by atoms with Crippen LogP contribution in [-0.4, -0.2) is 55.1 Å². The van der Waals surface area contributed by atoms with Crippen LogP contribution in [0, 0.1) is 13.8 Å². The van der Waals surface area contributed by atoms with Crippen LogP contribution in [0.5, 0.6) is 0 Å². The van der Waals surface area contributed by atoms with Crippen molar-refractivity contribution in [3.63, 3.8) is 0 Å². The number of rotatable bonds is 6. The van der Waals surface area contributed by atoms with Crippen LogP contribution in [0.2, 0.25) is 0 Å². The third-order valence-electron chi connectivity index (χ3n) is 8.02. The highest BCUT2D eigenvalue weighted by Crippen LogP contribution is 2.44. The van der Waals surface area contributed by atoms with E-state index in [1.54, 1.807) is 0 Å². The Hall–Kier alpha value is -3.88. The molecule has 2 aliphatic heterocycles. The fourth-order valence-electron chi connectivity index (χ4n) is 5.98. The first kappa shape index (κ1) is 26.3. The van der Waals surface area contributed by atoms with Crippen LogP contribution in [0.15, 0.2) is 79.0 Å². The molecule has 2 aromatic carbocycles. The average Bonchev–Trinajstić information content (AvgIpc) is 3.48. The summed E-state index contributed by atoms with van der Waals surface area (Å²) in [6, 6.07) is 25.7. The van der Waals surface area contributed by atoms with Crippen molar-refractivity contribution in [3.8, 4) is 5.69 Å². The Morgan fingerprint density at radius 2 is 1.57 bits per heavy atom. The highest BCUT2D eigenvalue weighted by atomic mass is 32.1. The Morgan fingerprint density at radius 1 is 0.900 bits per heavy atom. The van der Waals surface area contributed by atoms with Crippen LogP contribution in [0.4, 0.5) is 17.1 Å². The number of aryl methyl sites for hydroxylation is 1. The molecular weight excluding hydrogens is 516 g/mol. The maximum atomic E-state index is 6.00. The first-order valence-corrected chi connectivity index (χ1v) is 14.2. The van der Waals surface area contributed by atoms with Crippen LogP contribution in [0.1, 0.15) is 34.7 Å². The summed E-state index contributed by atoms with van der Waals surface area (Å²) in [5.41, 5.74) is 9.19. The van der Waals surface area contributed by atoms with Crippen molar-refractivity contribution < 1.29 is 4.74 Å². The molecule has 8 heteroatoms. The summed E-state index contributed by atoms with van der Waals surface area (Å²) in [7, 11) is 4.13. The Morgan fingerprint density at radius 3 is 2.23 bits per heavy atom. The van der Waals surface area contributed by atoms with Gasteiger partial charge in [0.2, 0.25) is 0 Å². The molecule has 0 radical (unpaired) electrons. The zero-order valence-electron chi connectivity index (χ0n) is 23.5. The number of aromatic nitrogens is 2. The first-order valence-electron chi connectivity index (χ1n) is 13.8. The summed E-state index contributed by atoms with van der Waals surface area (Å²) in [6.45, 7) is 7.74. The summed E-state index contributed by atoms with van der Waals surface area (Å²) in [6.07, 6.45) is 1.85. The summed E-state index contributed by atoms with van der Waals surface area (Å²) < 4.78 is 7.88. The molecule has 2 fully saturated rings. The number of nitrogens with zero attached hydrogens (tertiary/aromatic N) is 5. The minimum Gasteiger partial charge on any atom is -0.378 e. The van der Waals surface area contributed by atoms with Crippen molar-refractivity contribution in [2.45, 2.75) is 25.9 Å².